The molecule has 0 aromatic carbocycles. The molecule has 0 aliphatic rings. The minimum absolute atomic E-state index is 0.0211. The summed E-state index contributed by atoms with van der Waals surface area (Å²) in [5, 5.41) is 23.3. The van der Waals surface area contributed by atoms with E-state index < -0.39 is 12.1 Å². The number of hydrogen-bond donors (Lipinski definition) is 3. The lowest BCUT2D eigenvalue weighted by Crippen LogP contribution is -2.45. The molecule has 0 aliphatic carbocycles. The molecule has 6 heteroatoms. The van der Waals surface area contributed by atoms with Crippen molar-refractivity contribution in [2.45, 2.75) is 437 Å². The number of aliphatic hydroxyl groups excluding tert-OH is 2. The molecule has 0 aromatic rings. The number of rotatable bonds is 70. The first-order valence-electron chi connectivity index (χ1n) is 37.0. The number of nitrogens with one attached hydrogen (secondary N) is 1. The summed E-state index contributed by atoms with van der Waals surface area (Å²) in [5.41, 5.74) is 0. The van der Waals surface area contributed by atoms with Crippen LogP contribution in [0.5, 0.6) is 0 Å². The largest absolute Gasteiger partial charge is 0.466 e. The zero-order valence-electron chi connectivity index (χ0n) is 54.6. The summed E-state index contributed by atoms with van der Waals surface area (Å²) < 4.78 is 5.52. The minimum atomic E-state index is -0.844. The topological polar surface area (TPSA) is 95.9 Å². The zero-order chi connectivity index (χ0) is 57.8. The zero-order valence-corrected chi connectivity index (χ0v) is 54.6. The normalized spacial score (nSPS) is 12.5. The molecule has 0 fully saturated rings. The van der Waals surface area contributed by atoms with Gasteiger partial charge in [0.25, 0.3) is 0 Å². The Morgan fingerprint density at radius 3 is 0.850 bits per heavy atom. The highest BCUT2D eigenvalue weighted by Crippen LogP contribution is 2.20. The van der Waals surface area contributed by atoms with Crippen LogP contribution in [0.3, 0.4) is 0 Å². The van der Waals surface area contributed by atoms with Gasteiger partial charge in [-0.1, -0.05) is 392 Å². The maximum Gasteiger partial charge on any atom is 0.305 e. The van der Waals surface area contributed by atoms with Gasteiger partial charge in [-0.2, -0.15) is 0 Å². The van der Waals surface area contributed by atoms with Crippen molar-refractivity contribution < 1.29 is 24.5 Å². The second kappa shape index (κ2) is 70.1. The Morgan fingerprint density at radius 2 is 0.575 bits per heavy atom. The average molecular weight is 1130 g/mol. The van der Waals surface area contributed by atoms with Crippen LogP contribution in [-0.4, -0.2) is 47.4 Å². The van der Waals surface area contributed by atoms with Crippen molar-refractivity contribution in [1.29, 1.82) is 0 Å². The standard InChI is InChI=1S/C74H145NO5/c1-3-5-7-9-11-13-15-17-19-21-23-31-34-38-42-46-50-54-58-62-66-72(77)71(70-76)75-73(78)67-63-59-55-51-47-43-39-35-32-28-26-24-25-27-29-33-37-41-45-49-53-57-61-65-69-80-74(79)68-64-60-56-52-48-44-40-36-30-22-20-18-16-14-12-10-8-6-4-2/h62,66,71-72,76-77H,3-61,63-65,67-70H2,1-2H3,(H,75,78)/b66-62+. The number of ether oxygens (including phenoxy) is 1. The molecule has 2 unspecified atom stereocenters. The second-order valence-electron chi connectivity index (χ2n) is 25.6. The van der Waals surface area contributed by atoms with Crippen LogP contribution in [0.15, 0.2) is 12.2 Å². The molecular formula is C74H145NO5. The molecule has 6 nitrogen and oxygen atoms in total. The van der Waals surface area contributed by atoms with Crippen molar-refractivity contribution >= 4 is 11.9 Å². The van der Waals surface area contributed by atoms with E-state index in [9.17, 15) is 19.8 Å². The van der Waals surface area contributed by atoms with Gasteiger partial charge in [-0.25, -0.2) is 0 Å². The number of amides is 1. The highest BCUT2D eigenvalue weighted by atomic mass is 16.5. The summed E-state index contributed by atoms with van der Waals surface area (Å²) in [5.74, 6) is -0.0410. The molecule has 0 aliphatic heterocycles. The molecule has 0 rings (SSSR count). The van der Waals surface area contributed by atoms with E-state index in [1.165, 1.54) is 360 Å². The lowest BCUT2D eigenvalue weighted by Gasteiger charge is -2.20. The molecule has 0 heterocycles. The van der Waals surface area contributed by atoms with Crippen LogP contribution in [0.25, 0.3) is 0 Å². The van der Waals surface area contributed by atoms with Gasteiger partial charge in [0.2, 0.25) is 5.91 Å². The average Bonchev–Trinajstić information content (AvgIpc) is 3.46. The van der Waals surface area contributed by atoms with Crippen LogP contribution in [0.4, 0.5) is 0 Å². The summed E-state index contributed by atoms with van der Waals surface area (Å²) in [6, 6.07) is -0.627. The van der Waals surface area contributed by atoms with Gasteiger partial charge in [-0.05, 0) is 32.1 Å². The van der Waals surface area contributed by atoms with E-state index >= 15 is 0 Å². The van der Waals surface area contributed by atoms with Crippen molar-refractivity contribution in [2.75, 3.05) is 13.2 Å². The van der Waals surface area contributed by atoms with E-state index in [-0.39, 0.29) is 18.5 Å². The first kappa shape index (κ1) is 78.6. The quantitative estimate of drug-likeness (QED) is 0.0320. The predicted octanol–water partition coefficient (Wildman–Crippen LogP) is 23.9. The van der Waals surface area contributed by atoms with E-state index in [4.69, 9.17) is 4.74 Å². The summed E-state index contributed by atoms with van der Waals surface area (Å²) in [4.78, 5) is 24.7. The van der Waals surface area contributed by atoms with Crippen LogP contribution in [0.1, 0.15) is 425 Å². The first-order chi connectivity index (χ1) is 39.5. The number of aliphatic hydroxyl groups is 2. The van der Waals surface area contributed by atoms with Gasteiger partial charge in [0.15, 0.2) is 0 Å². The fourth-order valence-electron chi connectivity index (χ4n) is 11.9. The van der Waals surface area contributed by atoms with Gasteiger partial charge in [-0.15, -0.1) is 0 Å². The smallest absolute Gasteiger partial charge is 0.305 e. The van der Waals surface area contributed by atoms with Crippen molar-refractivity contribution in [3.63, 3.8) is 0 Å². The number of carbonyl (C=O) groups excluding carboxylic acids is 2. The Labute approximate surface area is 501 Å². The fourth-order valence-corrected chi connectivity index (χ4v) is 11.9. The van der Waals surface area contributed by atoms with Gasteiger partial charge in [0, 0.05) is 12.8 Å². The third-order valence-corrected chi connectivity index (χ3v) is 17.6. The third-order valence-electron chi connectivity index (χ3n) is 17.6. The van der Waals surface area contributed by atoms with Crippen LogP contribution < -0.4 is 5.32 Å². The molecule has 0 aromatic heterocycles. The molecular weight excluding hydrogens is 983 g/mol. The van der Waals surface area contributed by atoms with Gasteiger partial charge in [0.05, 0.1) is 25.4 Å². The van der Waals surface area contributed by atoms with Crippen molar-refractivity contribution in [1.82, 2.24) is 5.32 Å². The maximum absolute atomic E-state index is 12.5. The first-order valence-corrected chi connectivity index (χ1v) is 37.0. The highest BCUT2D eigenvalue weighted by molar-refractivity contribution is 5.76. The Hall–Kier alpha value is -1.40. The van der Waals surface area contributed by atoms with E-state index in [0.29, 0.717) is 19.4 Å². The van der Waals surface area contributed by atoms with Crippen LogP contribution in [0.2, 0.25) is 0 Å². The van der Waals surface area contributed by atoms with Gasteiger partial charge >= 0.3 is 5.97 Å². The lowest BCUT2D eigenvalue weighted by atomic mass is 10.0. The molecule has 2 atom stereocenters. The highest BCUT2D eigenvalue weighted by Gasteiger charge is 2.18. The Kier molecular flexibility index (Phi) is 68.9. The molecule has 0 saturated carbocycles. The van der Waals surface area contributed by atoms with E-state index in [1.807, 2.05) is 6.08 Å². The van der Waals surface area contributed by atoms with Crippen molar-refractivity contribution in [2.24, 2.45) is 0 Å². The monoisotopic (exact) mass is 1130 g/mol. The van der Waals surface area contributed by atoms with Crippen molar-refractivity contribution in [3.05, 3.63) is 12.2 Å². The molecule has 3 N–H and O–H groups in total. The van der Waals surface area contributed by atoms with Gasteiger partial charge in [-0.3, -0.25) is 9.59 Å². The minimum Gasteiger partial charge on any atom is -0.466 e. The van der Waals surface area contributed by atoms with E-state index in [2.05, 4.69) is 19.2 Å². The third kappa shape index (κ3) is 65.7. The van der Waals surface area contributed by atoms with Crippen LogP contribution >= 0.6 is 0 Å². The van der Waals surface area contributed by atoms with Gasteiger partial charge in [0.1, 0.15) is 0 Å². The lowest BCUT2D eigenvalue weighted by molar-refractivity contribution is -0.143. The number of hydrogen-bond acceptors (Lipinski definition) is 5. The van der Waals surface area contributed by atoms with Crippen LogP contribution in [0, 0.1) is 0 Å². The molecule has 0 spiro atoms. The Bertz CT molecular complexity index is 1210. The van der Waals surface area contributed by atoms with Gasteiger partial charge < -0.3 is 20.3 Å². The molecule has 0 saturated heterocycles. The molecule has 0 radical (unpaired) electrons. The number of unbranched alkanes of at least 4 members (excludes halogenated alkanes) is 59. The SMILES string of the molecule is CCCCCCCCCCCCCCCCCCCC/C=C/C(O)C(CO)NC(=O)CCCCCCCCCCCCCCCCCCCCCCCCCCOC(=O)CCCCCCCCCCCCCCCCCCCCC. The summed E-state index contributed by atoms with van der Waals surface area (Å²) in [7, 11) is 0. The second-order valence-corrected chi connectivity index (χ2v) is 25.6. The van der Waals surface area contributed by atoms with Crippen molar-refractivity contribution in [3.8, 4) is 0 Å². The molecule has 80 heavy (non-hydrogen) atoms. The van der Waals surface area contributed by atoms with E-state index in [1.54, 1.807) is 6.08 Å². The Balaban J connectivity index is 3.36. The fraction of sp³-hybridized carbons (Fsp3) is 0.946. The number of esters is 1. The summed E-state index contributed by atoms with van der Waals surface area (Å²) >= 11 is 0. The number of carbonyl (C=O) groups is 2. The summed E-state index contributed by atoms with van der Waals surface area (Å²) in [6.45, 7) is 4.96. The predicted molar refractivity (Wildman–Crippen MR) is 352 cm³/mol. The Morgan fingerprint density at radius 1 is 0.338 bits per heavy atom. The summed E-state index contributed by atoms with van der Waals surface area (Å²) in [6.07, 6.45) is 87.3. The molecule has 0 bridgehead atoms. The molecule has 476 valence electrons. The maximum atomic E-state index is 12.5. The van der Waals surface area contributed by atoms with E-state index in [0.717, 1.165) is 38.5 Å². The number of allylic oxidation sites excluding steroid dienone is 1. The molecule has 1 amide bonds. The van der Waals surface area contributed by atoms with Crippen LogP contribution in [-0.2, 0) is 14.3 Å².